The van der Waals surface area contributed by atoms with Gasteiger partial charge in [-0.25, -0.2) is 13.6 Å². The van der Waals surface area contributed by atoms with Crippen LogP contribution in [0.15, 0.2) is 15.5 Å². The van der Waals surface area contributed by atoms with E-state index in [9.17, 15) is 18.4 Å². The lowest BCUT2D eigenvalue weighted by Crippen LogP contribution is -2.20. The van der Waals surface area contributed by atoms with Gasteiger partial charge in [0.15, 0.2) is 0 Å². The topological polar surface area (TPSA) is 59.2 Å². The van der Waals surface area contributed by atoms with Gasteiger partial charge in [-0.1, -0.05) is 0 Å². The fourth-order valence-electron chi connectivity index (χ4n) is 1.10. The molecular weight excluding hydrogens is 288 g/mol. The summed E-state index contributed by atoms with van der Waals surface area (Å²) in [5.74, 6) is -0.970. The van der Waals surface area contributed by atoms with E-state index in [1.54, 1.807) is 0 Å². The molecule has 0 aromatic carbocycles. The molecule has 88 valence electrons. The molecule has 7 heteroatoms. The molecule has 0 spiro atoms. The molecule has 0 amide bonds. The predicted molar refractivity (Wildman–Crippen MR) is 55.7 cm³/mol. The molecule has 0 fully saturated rings. The molecule has 4 nitrogen and oxygen atoms in total. The quantitative estimate of drug-likeness (QED) is 0.870. The highest BCUT2D eigenvalue weighted by Crippen LogP contribution is 2.20. The van der Waals surface area contributed by atoms with Gasteiger partial charge in [-0.3, -0.25) is 4.79 Å². The molecule has 0 saturated heterocycles. The number of H-pyrrole nitrogens is 1. The van der Waals surface area contributed by atoms with E-state index in [-0.39, 0.29) is 11.1 Å². The van der Waals surface area contributed by atoms with Crippen molar-refractivity contribution in [3.8, 4) is 0 Å². The van der Waals surface area contributed by atoms with Crippen LogP contribution in [0.25, 0.3) is 0 Å². The largest absolute Gasteiger partial charge is 0.461 e. The minimum atomic E-state index is -3.04. The Labute approximate surface area is 97.7 Å². The number of carbonyl (C=O) groups excluding carboxylic acids is 1. The number of pyridine rings is 1. The molecule has 1 rings (SSSR count). The van der Waals surface area contributed by atoms with Crippen molar-refractivity contribution in [1.82, 2.24) is 4.98 Å². The van der Waals surface area contributed by atoms with Crippen molar-refractivity contribution in [2.24, 2.45) is 0 Å². The molecule has 1 aromatic rings. The molecule has 1 N–H and O–H groups in total. The first kappa shape index (κ1) is 12.8. The SMILES string of the molecule is CCOC(=O)c1[nH]cc(Br)c(=O)c1C(F)F. The van der Waals surface area contributed by atoms with Gasteiger partial charge in [0.1, 0.15) is 5.69 Å². The van der Waals surface area contributed by atoms with Gasteiger partial charge >= 0.3 is 5.97 Å². The molecule has 1 heterocycles. The van der Waals surface area contributed by atoms with E-state index in [1.807, 2.05) is 0 Å². The maximum atomic E-state index is 12.6. The van der Waals surface area contributed by atoms with E-state index >= 15 is 0 Å². The molecule has 0 aliphatic carbocycles. The Morgan fingerprint density at radius 2 is 2.25 bits per heavy atom. The van der Waals surface area contributed by atoms with E-state index in [4.69, 9.17) is 0 Å². The van der Waals surface area contributed by atoms with E-state index in [0.717, 1.165) is 6.20 Å². The molecule has 0 aliphatic rings. The smallest absolute Gasteiger partial charge is 0.355 e. The summed E-state index contributed by atoms with van der Waals surface area (Å²) in [4.78, 5) is 25.0. The first-order chi connectivity index (χ1) is 7.49. The number of aromatic amines is 1. The van der Waals surface area contributed by atoms with E-state index in [1.165, 1.54) is 6.92 Å². The van der Waals surface area contributed by atoms with Crippen molar-refractivity contribution >= 4 is 21.9 Å². The number of hydrogen-bond donors (Lipinski definition) is 1. The zero-order chi connectivity index (χ0) is 12.3. The van der Waals surface area contributed by atoms with Gasteiger partial charge in [-0.05, 0) is 22.9 Å². The fourth-order valence-corrected chi connectivity index (χ4v) is 1.43. The van der Waals surface area contributed by atoms with Crippen LogP contribution in [-0.4, -0.2) is 17.6 Å². The zero-order valence-corrected chi connectivity index (χ0v) is 9.81. The van der Waals surface area contributed by atoms with Crippen LogP contribution in [0.4, 0.5) is 8.78 Å². The van der Waals surface area contributed by atoms with Crippen molar-refractivity contribution in [1.29, 1.82) is 0 Å². The normalized spacial score (nSPS) is 10.6. The summed E-state index contributed by atoms with van der Waals surface area (Å²) in [5.41, 5.74) is -2.31. The highest BCUT2D eigenvalue weighted by molar-refractivity contribution is 9.10. The summed E-state index contributed by atoms with van der Waals surface area (Å²) in [6.07, 6.45) is -1.92. The summed E-state index contributed by atoms with van der Waals surface area (Å²) in [5, 5.41) is 0. The predicted octanol–water partition coefficient (Wildman–Crippen LogP) is 2.25. The van der Waals surface area contributed by atoms with Gasteiger partial charge in [-0.2, -0.15) is 0 Å². The number of hydrogen-bond acceptors (Lipinski definition) is 3. The summed E-state index contributed by atoms with van der Waals surface area (Å²) in [6, 6.07) is 0. The number of ether oxygens (including phenoxy) is 1. The number of halogens is 3. The lowest BCUT2D eigenvalue weighted by atomic mass is 10.2. The molecule has 0 radical (unpaired) electrons. The monoisotopic (exact) mass is 295 g/mol. The third kappa shape index (κ3) is 2.46. The Morgan fingerprint density at radius 3 is 2.75 bits per heavy atom. The molecule has 1 aromatic heterocycles. The van der Waals surface area contributed by atoms with Crippen molar-refractivity contribution in [2.45, 2.75) is 13.3 Å². The van der Waals surface area contributed by atoms with Gasteiger partial charge in [0.25, 0.3) is 6.43 Å². The minimum absolute atomic E-state index is 0.0413. The number of alkyl halides is 2. The number of carbonyl (C=O) groups is 1. The number of aromatic nitrogens is 1. The van der Waals surface area contributed by atoms with Crippen LogP contribution >= 0.6 is 15.9 Å². The van der Waals surface area contributed by atoms with E-state index in [2.05, 4.69) is 25.7 Å². The van der Waals surface area contributed by atoms with Crippen molar-refractivity contribution in [2.75, 3.05) is 6.61 Å². The van der Waals surface area contributed by atoms with Gasteiger partial charge in [0.2, 0.25) is 5.43 Å². The molecule has 0 saturated carbocycles. The second kappa shape index (κ2) is 5.20. The lowest BCUT2D eigenvalue weighted by molar-refractivity contribution is 0.0507. The maximum Gasteiger partial charge on any atom is 0.355 e. The van der Waals surface area contributed by atoms with Crippen LogP contribution in [0.3, 0.4) is 0 Å². The van der Waals surface area contributed by atoms with E-state index < -0.39 is 29.1 Å². The van der Waals surface area contributed by atoms with Crippen LogP contribution in [0.1, 0.15) is 29.4 Å². The van der Waals surface area contributed by atoms with Gasteiger partial charge < -0.3 is 9.72 Å². The third-order valence-electron chi connectivity index (χ3n) is 1.77. The highest BCUT2D eigenvalue weighted by Gasteiger charge is 2.24. The summed E-state index contributed by atoms with van der Waals surface area (Å²) < 4.78 is 29.7. The lowest BCUT2D eigenvalue weighted by Gasteiger charge is -2.07. The molecular formula is C9H8BrF2NO3. The molecule has 0 atom stereocenters. The Bertz CT molecular complexity index is 459. The highest BCUT2D eigenvalue weighted by atomic mass is 79.9. The average Bonchev–Trinajstić information content (AvgIpc) is 2.21. The summed E-state index contributed by atoms with van der Waals surface area (Å²) in [7, 11) is 0. The fraction of sp³-hybridized carbons (Fsp3) is 0.333. The summed E-state index contributed by atoms with van der Waals surface area (Å²) in [6.45, 7) is 1.58. The van der Waals surface area contributed by atoms with Crippen molar-refractivity contribution < 1.29 is 18.3 Å². The van der Waals surface area contributed by atoms with Crippen LogP contribution in [0.5, 0.6) is 0 Å². The number of nitrogens with one attached hydrogen (secondary N) is 1. The van der Waals surface area contributed by atoms with Gasteiger partial charge in [-0.15, -0.1) is 0 Å². The van der Waals surface area contributed by atoms with Crippen LogP contribution in [-0.2, 0) is 4.74 Å². The molecule has 0 aliphatic heterocycles. The Morgan fingerprint density at radius 1 is 1.62 bits per heavy atom. The molecule has 0 bridgehead atoms. The van der Waals surface area contributed by atoms with Crippen LogP contribution in [0, 0.1) is 0 Å². The Balaban J connectivity index is 3.35. The van der Waals surface area contributed by atoms with Crippen LogP contribution < -0.4 is 5.43 Å². The number of esters is 1. The second-order valence-electron chi connectivity index (χ2n) is 2.78. The first-order valence-electron chi connectivity index (χ1n) is 4.35. The maximum absolute atomic E-state index is 12.6. The molecule has 0 unspecified atom stereocenters. The summed E-state index contributed by atoms with van der Waals surface area (Å²) >= 11 is 2.81. The van der Waals surface area contributed by atoms with Crippen LogP contribution in [0.2, 0.25) is 0 Å². The second-order valence-corrected chi connectivity index (χ2v) is 3.63. The van der Waals surface area contributed by atoms with E-state index in [0.29, 0.717) is 0 Å². The average molecular weight is 296 g/mol. The molecule has 16 heavy (non-hydrogen) atoms. The first-order valence-corrected chi connectivity index (χ1v) is 5.14. The minimum Gasteiger partial charge on any atom is -0.461 e. The van der Waals surface area contributed by atoms with Crippen molar-refractivity contribution in [3.63, 3.8) is 0 Å². The standard InChI is InChI=1S/C9H8BrF2NO3/c1-2-16-9(15)6-5(8(11)12)7(14)4(10)3-13-6/h3,8H,2H2,1H3,(H,13,14). The van der Waals surface area contributed by atoms with Gasteiger partial charge in [0, 0.05) is 6.20 Å². The number of rotatable bonds is 3. The Hall–Kier alpha value is -1.24. The zero-order valence-electron chi connectivity index (χ0n) is 8.22. The van der Waals surface area contributed by atoms with Gasteiger partial charge in [0.05, 0.1) is 16.6 Å². The Kier molecular flexibility index (Phi) is 4.17. The third-order valence-corrected chi connectivity index (χ3v) is 2.36. The van der Waals surface area contributed by atoms with Crippen molar-refractivity contribution in [3.05, 3.63) is 32.2 Å².